The second-order valence-corrected chi connectivity index (χ2v) is 6.85. The Morgan fingerprint density at radius 2 is 1.86 bits per heavy atom. The third kappa shape index (κ3) is 3.51. The minimum atomic E-state index is -0.887. The average molecular weight is 389 g/mol. The van der Waals surface area contributed by atoms with Gasteiger partial charge in [-0.25, -0.2) is 9.78 Å². The first-order valence-corrected chi connectivity index (χ1v) is 8.75. The molecule has 0 spiro atoms. The highest BCUT2D eigenvalue weighted by Crippen LogP contribution is 2.27. The van der Waals surface area contributed by atoms with Crippen LogP contribution in [0.1, 0.15) is 18.6 Å². The van der Waals surface area contributed by atoms with Gasteiger partial charge < -0.3 is 25.2 Å². The largest absolute Gasteiger partial charge is 0.504 e. The van der Waals surface area contributed by atoms with Gasteiger partial charge >= 0.3 is 5.69 Å². The van der Waals surface area contributed by atoms with Crippen LogP contribution in [0.5, 0.6) is 11.5 Å². The van der Waals surface area contributed by atoms with Crippen molar-refractivity contribution in [3.8, 4) is 11.5 Å². The zero-order chi connectivity index (χ0) is 20.6. The molecule has 0 radical (unpaired) electrons. The van der Waals surface area contributed by atoms with Crippen LogP contribution in [0.4, 0.5) is 0 Å². The Balaban J connectivity index is 1.73. The van der Waals surface area contributed by atoms with Gasteiger partial charge in [0.1, 0.15) is 0 Å². The molecule has 2 heterocycles. The Labute approximate surface area is 159 Å². The number of aromatic nitrogens is 4. The first-order chi connectivity index (χ1) is 13.2. The maximum absolute atomic E-state index is 12.5. The summed E-state index contributed by atoms with van der Waals surface area (Å²) in [6.07, 6.45) is 0.625. The summed E-state index contributed by atoms with van der Waals surface area (Å²) in [6.45, 7) is 2.49. The van der Waals surface area contributed by atoms with E-state index in [0.29, 0.717) is 23.3 Å². The van der Waals surface area contributed by atoms with E-state index in [1.807, 2.05) is 6.92 Å². The Kier molecular flexibility index (Phi) is 5.25. The number of benzene rings is 1. The minimum absolute atomic E-state index is 0.125. The van der Waals surface area contributed by atoms with Gasteiger partial charge in [-0.2, -0.15) is 0 Å². The number of aliphatic hydroxyl groups excluding tert-OH is 1. The quantitative estimate of drug-likeness (QED) is 0.420. The number of aryl methyl sites for hydroxylation is 1. The highest BCUT2D eigenvalue weighted by molar-refractivity contribution is 5.69. The molecular weight excluding hydrogens is 366 g/mol. The molecule has 0 aliphatic carbocycles. The molecule has 10 nitrogen and oxygen atoms in total. The van der Waals surface area contributed by atoms with Crippen LogP contribution in [-0.4, -0.2) is 46.6 Å². The molecule has 150 valence electrons. The van der Waals surface area contributed by atoms with Crippen molar-refractivity contribution >= 4 is 11.2 Å². The van der Waals surface area contributed by atoms with E-state index in [9.17, 15) is 24.9 Å². The molecule has 0 fully saturated rings. The molecule has 0 aliphatic rings. The Morgan fingerprint density at radius 1 is 1.14 bits per heavy atom. The fourth-order valence-electron chi connectivity index (χ4n) is 3.07. The number of rotatable bonds is 6. The van der Waals surface area contributed by atoms with Crippen LogP contribution in [0.15, 0.2) is 34.1 Å². The predicted molar refractivity (Wildman–Crippen MR) is 102 cm³/mol. The molecule has 3 rings (SSSR count). The van der Waals surface area contributed by atoms with Gasteiger partial charge in [-0.1, -0.05) is 6.07 Å². The van der Waals surface area contributed by atoms with Crippen LogP contribution in [0.25, 0.3) is 11.2 Å². The van der Waals surface area contributed by atoms with Crippen molar-refractivity contribution in [2.45, 2.75) is 25.6 Å². The average Bonchev–Trinajstić information content (AvgIpc) is 3.08. The number of nitrogens with one attached hydrogen (secondary N) is 1. The lowest BCUT2D eigenvalue weighted by Gasteiger charge is -2.18. The number of imidazole rings is 1. The molecule has 0 bridgehead atoms. The third-order valence-corrected chi connectivity index (χ3v) is 4.73. The molecule has 4 N–H and O–H groups in total. The molecule has 3 aromatic rings. The molecule has 0 saturated heterocycles. The number of phenols is 2. The minimum Gasteiger partial charge on any atom is -0.504 e. The molecule has 10 heteroatoms. The van der Waals surface area contributed by atoms with Crippen LogP contribution >= 0.6 is 0 Å². The second kappa shape index (κ2) is 7.49. The van der Waals surface area contributed by atoms with Gasteiger partial charge in [-0.05, 0) is 24.6 Å². The van der Waals surface area contributed by atoms with Crippen molar-refractivity contribution in [1.29, 1.82) is 0 Å². The lowest BCUT2D eigenvalue weighted by molar-refractivity contribution is 0.169. The first-order valence-electron chi connectivity index (χ1n) is 8.75. The number of hydrogen-bond acceptors (Lipinski definition) is 7. The van der Waals surface area contributed by atoms with Gasteiger partial charge in [0.05, 0.1) is 12.4 Å². The summed E-state index contributed by atoms with van der Waals surface area (Å²) in [4.78, 5) is 28.6. The lowest BCUT2D eigenvalue weighted by Crippen LogP contribution is -2.38. The maximum atomic E-state index is 12.5. The third-order valence-electron chi connectivity index (χ3n) is 4.73. The molecule has 0 amide bonds. The summed E-state index contributed by atoms with van der Waals surface area (Å²) in [5.74, 6) is -0.545. The van der Waals surface area contributed by atoms with Crippen LogP contribution in [-0.2, 0) is 20.6 Å². The number of aromatic hydroxyl groups is 2. The van der Waals surface area contributed by atoms with Crippen molar-refractivity contribution < 1.29 is 15.3 Å². The topological polar surface area (TPSA) is 135 Å². The fourth-order valence-corrected chi connectivity index (χ4v) is 3.07. The van der Waals surface area contributed by atoms with Crippen molar-refractivity contribution in [3.63, 3.8) is 0 Å². The van der Waals surface area contributed by atoms with E-state index < -0.39 is 17.4 Å². The molecule has 2 unspecified atom stereocenters. The lowest BCUT2D eigenvalue weighted by atomic mass is 10.1. The summed E-state index contributed by atoms with van der Waals surface area (Å²) < 4.78 is 4.04. The Hall–Kier alpha value is -3.11. The van der Waals surface area contributed by atoms with Gasteiger partial charge in [0.2, 0.25) is 0 Å². The SMILES string of the molecule is CC(Cn1cnc2c1c(=O)n(C)c(=O)n2C)NCC(O)c1ccc(O)c(O)c1. The smallest absolute Gasteiger partial charge is 0.332 e. The molecule has 2 atom stereocenters. The highest BCUT2D eigenvalue weighted by Gasteiger charge is 2.16. The van der Waals surface area contributed by atoms with Gasteiger partial charge in [-0.3, -0.25) is 13.9 Å². The highest BCUT2D eigenvalue weighted by atomic mass is 16.3. The summed E-state index contributed by atoms with van der Waals surface area (Å²) in [5, 5.41) is 32.3. The molecular formula is C18H23N5O5. The Morgan fingerprint density at radius 3 is 2.54 bits per heavy atom. The summed E-state index contributed by atoms with van der Waals surface area (Å²) in [7, 11) is 2.99. The standard InChI is InChI=1S/C18H23N5O5/c1-10(19-7-14(26)11-4-5-12(24)13(25)6-11)8-23-9-20-16-15(23)17(27)22(3)18(28)21(16)2/h4-6,9-10,14,19,24-26H,7-8H2,1-3H3. The number of aliphatic hydroxyl groups is 1. The van der Waals surface area contributed by atoms with Gasteiger partial charge in [-0.15, -0.1) is 0 Å². The fraction of sp³-hybridized carbons (Fsp3) is 0.389. The summed E-state index contributed by atoms with van der Waals surface area (Å²) in [6, 6.07) is 4.02. The molecule has 1 aromatic carbocycles. The van der Waals surface area contributed by atoms with Gasteiger partial charge in [0.15, 0.2) is 22.7 Å². The van der Waals surface area contributed by atoms with Crippen molar-refractivity contribution in [2.75, 3.05) is 6.54 Å². The van der Waals surface area contributed by atoms with Gasteiger partial charge in [0, 0.05) is 33.2 Å². The van der Waals surface area contributed by atoms with Crippen molar-refractivity contribution in [3.05, 3.63) is 50.9 Å². The molecule has 0 aliphatic heterocycles. The summed E-state index contributed by atoms with van der Waals surface area (Å²) >= 11 is 0. The van der Waals surface area contributed by atoms with Crippen molar-refractivity contribution in [1.82, 2.24) is 24.0 Å². The van der Waals surface area contributed by atoms with E-state index in [1.54, 1.807) is 11.6 Å². The van der Waals surface area contributed by atoms with E-state index in [1.165, 1.54) is 36.1 Å². The van der Waals surface area contributed by atoms with Crippen LogP contribution in [0.2, 0.25) is 0 Å². The van der Waals surface area contributed by atoms with Crippen molar-refractivity contribution in [2.24, 2.45) is 14.1 Å². The molecule has 28 heavy (non-hydrogen) atoms. The Bertz CT molecular complexity index is 1130. The monoisotopic (exact) mass is 389 g/mol. The van der Waals surface area contributed by atoms with E-state index in [4.69, 9.17) is 0 Å². The summed E-state index contributed by atoms with van der Waals surface area (Å²) in [5.41, 5.74) is 0.269. The number of hydrogen-bond donors (Lipinski definition) is 4. The number of nitrogens with zero attached hydrogens (tertiary/aromatic N) is 4. The second-order valence-electron chi connectivity index (χ2n) is 6.85. The van der Waals surface area contributed by atoms with E-state index in [-0.39, 0.29) is 24.1 Å². The number of fused-ring (bicyclic) bond motifs is 1. The zero-order valence-electron chi connectivity index (χ0n) is 15.8. The van der Waals surface area contributed by atoms with Crippen LogP contribution in [0, 0.1) is 0 Å². The first kappa shape index (κ1) is 19.6. The molecule has 2 aromatic heterocycles. The number of phenolic OH excluding ortho intramolecular Hbond substituents is 2. The van der Waals surface area contributed by atoms with Crippen LogP contribution in [0.3, 0.4) is 0 Å². The van der Waals surface area contributed by atoms with Crippen LogP contribution < -0.4 is 16.6 Å². The van der Waals surface area contributed by atoms with E-state index in [0.717, 1.165) is 4.57 Å². The van der Waals surface area contributed by atoms with Gasteiger partial charge in [0.25, 0.3) is 5.56 Å². The normalized spacial score (nSPS) is 13.7. The molecule has 0 saturated carbocycles. The van der Waals surface area contributed by atoms with E-state index in [2.05, 4.69) is 10.3 Å². The maximum Gasteiger partial charge on any atom is 0.332 e. The zero-order valence-corrected chi connectivity index (χ0v) is 15.8. The predicted octanol–water partition coefficient (Wildman–Crippen LogP) is -0.443. The van der Waals surface area contributed by atoms with E-state index >= 15 is 0 Å².